The second-order valence-electron chi connectivity index (χ2n) is 2.81. The highest BCUT2D eigenvalue weighted by atomic mass is 16.5. The smallest absolute Gasteiger partial charge is 0.153 e. The summed E-state index contributed by atoms with van der Waals surface area (Å²) in [7, 11) is 0. The summed E-state index contributed by atoms with van der Waals surface area (Å²) in [4.78, 5) is 0. The van der Waals surface area contributed by atoms with Crippen LogP contribution in [-0.2, 0) is 11.3 Å². The van der Waals surface area contributed by atoms with Crippen LogP contribution in [0.25, 0.3) is 0 Å². The highest BCUT2D eigenvalue weighted by Gasteiger charge is 1.96. The summed E-state index contributed by atoms with van der Waals surface area (Å²) in [5.74, 6) is 0. The van der Waals surface area contributed by atoms with Crippen molar-refractivity contribution < 1.29 is 14.9 Å². The number of hydrogen-bond donors (Lipinski definition) is 2. The fourth-order valence-corrected chi connectivity index (χ4v) is 0.953. The fourth-order valence-electron chi connectivity index (χ4n) is 0.953. The van der Waals surface area contributed by atoms with E-state index in [1.165, 1.54) is 0 Å². The SMILES string of the molecule is OC(O)CCOCc1ccccc1. The fraction of sp³-hybridized carbons (Fsp3) is 0.400. The quantitative estimate of drug-likeness (QED) is 0.525. The predicted molar refractivity (Wildman–Crippen MR) is 48.9 cm³/mol. The van der Waals surface area contributed by atoms with Crippen molar-refractivity contribution in [1.82, 2.24) is 0 Å². The van der Waals surface area contributed by atoms with Crippen molar-refractivity contribution in [2.45, 2.75) is 19.3 Å². The zero-order chi connectivity index (χ0) is 9.52. The molecule has 0 radical (unpaired) electrons. The maximum atomic E-state index is 8.53. The minimum absolute atomic E-state index is 0.257. The average molecular weight is 182 g/mol. The second-order valence-corrected chi connectivity index (χ2v) is 2.81. The van der Waals surface area contributed by atoms with Crippen LogP contribution >= 0.6 is 0 Å². The number of rotatable bonds is 5. The van der Waals surface area contributed by atoms with Crippen LogP contribution in [0.3, 0.4) is 0 Å². The molecule has 0 heterocycles. The molecular weight excluding hydrogens is 168 g/mol. The first-order valence-corrected chi connectivity index (χ1v) is 4.27. The van der Waals surface area contributed by atoms with E-state index in [0.29, 0.717) is 13.2 Å². The normalized spacial score (nSPS) is 10.7. The van der Waals surface area contributed by atoms with Gasteiger partial charge >= 0.3 is 0 Å². The molecule has 0 spiro atoms. The first-order chi connectivity index (χ1) is 6.29. The number of hydrogen-bond acceptors (Lipinski definition) is 3. The summed E-state index contributed by atoms with van der Waals surface area (Å²) in [6.07, 6.45) is -1.01. The third-order valence-corrected chi connectivity index (χ3v) is 1.63. The summed E-state index contributed by atoms with van der Waals surface area (Å²) in [5, 5.41) is 17.1. The Morgan fingerprint density at radius 2 is 1.85 bits per heavy atom. The van der Waals surface area contributed by atoms with Crippen LogP contribution in [0.2, 0.25) is 0 Å². The van der Waals surface area contributed by atoms with E-state index in [-0.39, 0.29) is 6.42 Å². The lowest BCUT2D eigenvalue weighted by atomic mass is 10.2. The molecule has 3 heteroatoms. The maximum Gasteiger partial charge on any atom is 0.153 e. The highest BCUT2D eigenvalue weighted by molar-refractivity contribution is 5.13. The Balaban J connectivity index is 2.13. The van der Waals surface area contributed by atoms with Crippen LogP contribution in [0.4, 0.5) is 0 Å². The summed E-state index contributed by atoms with van der Waals surface area (Å²) < 4.78 is 5.21. The van der Waals surface area contributed by atoms with Gasteiger partial charge in [-0.2, -0.15) is 0 Å². The molecule has 0 fully saturated rings. The zero-order valence-corrected chi connectivity index (χ0v) is 7.39. The van der Waals surface area contributed by atoms with E-state index in [1.807, 2.05) is 30.3 Å². The van der Waals surface area contributed by atoms with E-state index in [1.54, 1.807) is 0 Å². The van der Waals surface area contributed by atoms with Crippen LogP contribution in [0.1, 0.15) is 12.0 Å². The van der Waals surface area contributed by atoms with E-state index >= 15 is 0 Å². The topological polar surface area (TPSA) is 49.7 Å². The van der Waals surface area contributed by atoms with Crippen LogP contribution in [0.5, 0.6) is 0 Å². The van der Waals surface area contributed by atoms with E-state index in [2.05, 4.69) is 0 Å². The number of benzene rings is 1. The van der Waals surface area contributed by atoms with Crippen LogP contribution < -0.4 is 0 Å². The van der Waals surface area contributed by atoms with Gasteiger partial charge in [0.1, 0.15) is 0 Å². The molecule has 1 rings (SSSR count). The molecule has 0 aliphatic rings. The Hall–Kier alpha value is -0.900. The predicted octanol–water partition coefficient (Wildman–Crippen LogP) is 0.904. The largest absolute Gasteiger partial charge is 0.377 e. The van der Waals surface area contributed by atoms with Gasteiger partial charge in [-0.1, -0.05) is 30.3 Å². The molecule has 0 bridgehead atoms. The summed E-state index contributed by atoms with van der Waals surface area (Å²) in [6, 6.07) is 9.77. The van der Waals surface area contributed by atoms with Gasteiger partial charge in [0.05, 0.1) is 13.2 Å². The number of ether oxygens (including phenoxy) is 1. The molecule has 1 aromatic rings. The maximum absolute atomic E-state index is 8.53. The first kappa shape index (κ1) is 10.2. The molecule has 0 aliphatic heterocycles. The standard InChI is InChI=1S/C10H14O3/c11-10(12)6-7-13-8-9-4-2-1-3-5-9/h1-5,10-12H,6-8H2. The molecule has 0 saturated carbocycles. The molecule has 3 nitrogen and oxygen atoms in total. The van der Waals surface area contributed by atoms with Gasteiger partial charge in [0.25, 0.3) is 0 Å². The molecular formula is C10H14O3. The van der Waals surface area contributed by atoms with E-state index < -0.39 is 6.29 Å². The van der Waals surface area contributed by atoms with Crippen LogP contribution in [-0.4, -0.2) is 23.1 Å². The molecule has 13 heavy (non-hydrogen) atoms. The Kier molecular flexibility index (Phi) is 4.46. The van der Waals surface area contributed by atoms with Gasteiger partial charge in [0.15, 0.2) is 6.29 Å². The van der Waals surface area contributed by atoms with Gasteiger partial charge in [0.2, 0.25) is 0 Å². The Morgan fingerprint density at radius 3 is 2.46 bits per heavy atom. The van der Waals surface area contributed by atoms with Gasteiger partial charge in [-0.3, -0.25) is 0 Å². The minimum atomic E-state index is -1.27. The van der Waals surface area contributed by atoms with Crippen molar-refractivity contribution in [2.75, 3.05) is 6.61 Å². The van der Waals surface area contributed by atoms with Crippen molar-refractivity contribution in [3.8, 4) is 0 Å². The Labute approximate surface area is 77.6 Å². The summed E-state index contributed by atoms with van der Waals surface area (Å²) in [5.41, 5.74) is 1.09. The Morgan fingerprint density at radius 1 is 1.15 bits per heavy atom. The molecule has 2 N–H and O–H groups in total. The van der Waals surface area contributed by atoms with Gasteiger partial charge in [0, 0.05) is 6.42 Å². The van der Waals surface area contributed by atoms with Crippen LogP contribution in [0.15, 0.2) is 30.3 Å². The van der Waals surface area contributed by atoms with Gasteiger partial charge in [-0.15, -0.1) is 0 Å². The third kappa shape index (κ3) is 4.62. The lowest BCUT2D eigenvalue weighted by Crippen LogP contribution is -2.08. The van der Waals surface area contributed by atoms with Crippen molar-refractivity contribution >= 4 is 0 Å². The zero-order valence-electron chi connectivity index (χ0n) is 7.39. The lowest BCUT2D eigenvalue weighted by Gasteiger charge is -2.05. The average Bonchev–Trinajstić information content (AvgIpc) is 2.14. The van der Waals surface area contributed by atoms with Gasteiger partial charge in [-0.25, -0.2) is 0 Å². The van der Waals surface area contributed by atoms with Crippen molar-refractivity contribution in [3.63, 3.8) is 0 Å². The minimum Gasteiger partial charge on any atom is -0.377 e. The summed E-state index contributed by atoms with van der Waals surface area (Å²) >= 11 is 0. The Bertz CT molecular complexity index is 221. The molecule has 0 saturated heterocycles. The molecule has 0 unspecified atom stereocenters. The monoisotopic (exact) mass is 182 g/mol. The molecule has 0 atom stereocenters. The van der Waals surface area contributed by atoms with Gasteiger partial charge in [-0.05, 0) is 5.56 Å². The second kappa shape index (κ2) is 5.70. The van der Waals surface area contributed by atoms with Crippen molar-refractivity contribution in [1.29, 1.82) is 0 Å². The van der Waals surface area contributed by atoms with Crippen LogP contribution in [0, 0.1) is 0 Å². The molecule has 0 aliphatic carbocycles. The molecule has 0 amide bonds. The molecule has 0 aromatic heterocycles. The molecule has 1 aromatic carbocycles. The highest BCUT2D eigenvalue weighted by Crippen LogP contribution is 2.00. The third-order valence-electron chi connectivity index (χ3n) is 1.63. The number of aliphatic hydroxyl groups excluding tert-OH is 1. The lowest BCUT2D eigenvalue weighted by molar-refractivity contribution is -0.0625. The number of aliphatic hydroxyl groups is 2. The molecule has 72 valence electrons. The van der Waals surface area contributed by atoms with E-state index in [9.17, 15) is 0 Å². The van der Waals surface area contributed by atoms with Crippen molar-refractivity contribution in [3.05, 3.63) is 35.9 Å². The van der Waals surface area contributed by atoms with E-state index in [4.69, 9.17) is 14.9 Å². The first-order valence-electron chi connectivity index (χ1n) is 4.27. The van der Waals surface area contributed by atoms with Crippen molar-refractivity contribution in [2.24, 2.45) is 0 Å². The van der Waals surface area contributed by atoms with Gasteiger partial charge < -0.3 is 14.9 Å². The summed E-state index contributed by atoms with van der Waals surface area (Å²) in [6.45, 7) is 0.889. The van der Waals surface area contributed by atoms with E-state index in [0.717, 1.165) is 5.56 Å².